The zero-order valence-electron chi connectivity index (χ0n) is 10.2. The molecule has 0 bridgehead atoms. The highest BCUT2D eigenvalue weighted by atomic mass is 19.4. The molecular formula is C11H13F4NO3. The van der Waals surface area contributed by atoms with Gasteiger partial charge in [0.25, 0.3) is 0 Å². The van der Waals surface area contributed by atoms with Crippen LogP contribution < -0.4 is 15.2 Å². The van der Waals surface area contributed by atoms with Gasteiger partial charge in [0.1, 0.15) is 5.82 Å². The normalized spacial score (nSPS) is 14.9. The monoisotopic (exact) mass is 283 g/mol. The van der Waals surface area contributed by atoms with Gasteiger partial charge < -0.3 is 20.3 Å². The number of benzene rings is 1. The Hall–Kier alpha value is -1.54. The molecule has 0 radical (unpaired) electrons. The van der Waals surface area contributed by atoms with Gasteiger partial charge in [0.05, 0.1) is 20.3 Å². The van der Waals surface area contributed by atoms with E-state index >= 15 is 0 Å². The number of alkyl halides is 3. The maximum atomic E-state index is 13.7. The van der Waals surface area contributed by atoms with Crippen LogP contribution in [0.25, 0.3) is 0 Å². The van der Waals surface area contributed by atoms with Crippen LogP contribution in [0.2, 0.25) is 0 Å². The molecule has 1 aromatic carbocycles. The van der Waals surface area contributed by atoms with Gasteiger partial charge in [0.2, 0.25) is 0 Å². The van der Waals surface area contributed by atoms with Crippen molar-refractivity contribution in [3.05, 3.63) is 23.5 Å². The molecule has 0 aromatic heterocycles. The zero-order chi connectivity index (χ0) is 14.8. The van der Waals surface area contributed by atoms with Crippen molar-refractivity contribution in [3.8, 4) is 11.5 Å². The molecule has 0 heterocycles. The van der Waals surface area contributed by atoms with E-state index in [0.29, 0.717) is 0 Å². The lowest BCUT2D eigenvalue weighted by molar-refractivity contribution is -0.210. The van der Waals surface area contributed by atoms with Gasteiger partial charge in [0, 0.05) is 11.6 Å². The van der Waals surface area contributed by atoms with E-state index in [9.17, 15) is 17.6 Å². The summed E-state index contributed by atoms with van der Waals surface area (Å²) in [6.07, 6.45) is -7.82. The van der Waals surface area contributed by atoms with Gasteiger partial charge in [-0.3, -0.25) is 0 Å². The third-order valence-electron chi connectivity index (χ3n) is 2.54. The summed E-state index contributed by atoms with van der Waals surface area (Å²) in [4.78, 5) is 0. The van der Waals surface area contributed by atoms with E-state index < -0.39 is 29.7 Å². The van der Waals surface area contributed by atoms with Crippen LogP contribution in [0.15, 0.2) is 12.1 Å². The molecule has 0 saturated heterocycles. The number of halogens is 4. The number of methoxy groups -OCH3 is 2. The van der Waals surface area contributed by atoms with E-state index in [1.54, 1.807) is 0 Å². The molecule has 3 N–H and O–H groups in total. The topological polar surface area (TPSA) is 64.7 Å². The van der Waals surface area contributed by atoms with E-state index in [0.717, 1.165) is 12.1 Å². The number of nitrogens with two attached hydrogens (primary N) is 1. The Bertz CT molecular complexity index is 450. The van der Waals surface area contributed by atoms with E-state index in [1.165, 1.54) is 14.2 Å². The van der Waals surface area contributed by atoms with Crippen molar-refractivity contribution < 1.29 is 32.1 Å². The summed E-state index contributed by atoms with van der Waals surface area (Å²) in [5.74, 6) is -0.991. The fourth-order valence-electron chi connectivity index (χ4n) is 1.50. The predicted molar refractivity (Wildman–Crippen MR) is 58.5 cm³/mol. The molecule has 19 heavy (non-hydrogen) atoms. The van der Waals surface area contributed by atoms with Crippen LogP contribution >= 0.6 is 0 Å². The minimum absolute atomic E-state index is 0.0115. The fraction of sp³-hybridized carbons (Fsp3) is 0.455. The van der Waals surface area contributed by atoms with E-state index in [2.05, 4.69) is 0 Å². The van der Waals surface area contributed by atoms with Crippen molar-refractivity contribution in [1.29, 1.82) is 0 Å². The standard InChI is InChI=1S/C11H13F4NO3/c1-18-7-3-5(6(12)4-8(7)19-2)9(16)10(17)11(13,14)15/h3-4,9-10,17H,16H2,1-2H3/t9-,10-/m0/s1. The average Bonchev–Trinajstić information content (AvgIpc) is 2.35. The summed E-state index contributed by atoms with van der Waals surface area (Å²) in [5.41, 5.74) is 4.72. The second-order valence-corrected chi connectivity index (χ2v) is 3.74. The molecule has 0 amide bonds. The first kappa shape index (κ1) is 15.5. The molecule has 0 saturated carbocycles. The van der Waals surface area contributed by atoms with Gasteiger partial charge in [-0.15, -0.1) is 0 Å². The third kappa shape index (κ3) is 3.27. The highest BCUT2D eigenvalue weighted by Crippen LogP contribution is 2.35. The Kier molecular flexibility index (Phi) is 4.59. The lowest BCUT2D eigenvalue weighted by atomic mass is 10.0. The molecule has 0 aliphatic heterocycles. The summed E-state index contributed by atoms with van der Waals surface area (Å²) in [6.45, 7) is 0. The smallest absolute Gasteiger partial charge is 0.416 e. The number of aliphatic hydroxyl groups is 1. The molecule has 108 valence electrons. The third-order valence-corrected chi connectivity index (χ3v) is 2.54. The Labute approximate surface area is 106 Å². The molecule has 8 heteroatoms. The molecule has 0 aliphatic rings. The maximum absolute atomic E-state index is 13.7. The van der Waals surface area contributed by atoms with Crippen LogP contribution in [0.5, 0.6) is 11.5 Å². The van der Waals surface area contributed by atoms with Crippen molar-refractivity contribution in [2.24, 2.45) is 5.73 Å². The molecule has 0 fully saturated rings. The molecule has 2 atom stereocenters. The zero-order valence-corrected chi connectivity index (χ0v) is 10.2. The number of ether oxygens (including phenoxy) is 2. The number of hydrogen-bond donors (Lipinski definition) is 2. The molecule has 0 spiro atoms. The minimum atomic E-state index is -4.95. The molecular weight excluding hydrogens is 270 g/mol. The highest BCUT2D eigenvalue weighted by Gasteiger charge is 2.43. The molecule has 4 nitrogen and oxygen atoms in total. The summed E-state index contributed by atoms with van der Waals surface area (Å²) in [5, 5.41) is 9.03. The molecule has 1 rings (SSSR count). The Balaban J connectivity index is 3.20. The Morgan fingerprint density at radius 2 is 1.63 bits per heavy atom. The second-order valence-electron chi connectivity index (χ2n) is 3.74. The summed E-state index contributed by atoms with van der Waals surface area (Å²) in [6, 6.07) is -0.148. The predicted octanol–water partition coefficient (Wildman–Crippen LogP) is 1.77. The molecule has 0 unspecified atom stereocenters. The van der Waals surface area contributed by atoms with Crippen molar-refractivity contribution in [2.75, 3.05) is 14.2 Å². The lowest BCUT2D eigenvalue weighted by Gasteiger charge is -2.22. The average molecular weight is 283 g/mol. The summed E-state index contributed by atoms with van der Waals surface area (Å²) in [7, 11) is 2.49. The number of aliphatic hydroxyl groups excluding tert-OH is 1. The quantitative estimate of drug-likeness (QED) is 0.827. The number of rotatable bonds is 4. The van der Waals surface area contributed by atoms with Crippen molar-refractivity contribution >= 4 is 0 Å². The van der Waals surface area contributed by atoms with Crippen LogP contribution in [0, 0.1) is 5.82 Å². The second kappa shape index (κ2) is 5.62. The van der Waals surface area contributed by atoms with E-state index in [4.69, 9.17) is 20.3 Å². The van der Waals surface area contributed by atoms with Crippen LogP contribution in [0.3, 0.4) is 0 Å². The van der Waals surface area contributed by atoms with Crippen molar-refractivity contribution in [2.45, 2.75) is 18.3 Å². The lowest BCUT2D eigenvalue weighted by Crippen LogP contribution is -2.39. The van der Waals surface area contributed by atoms with Gasteiger partial charge in [-0.05, 0) is 6.07 Å². The first-order chi connectivity index (χ1) is 8.72. The van der Waals surface area contributed by atoms with E-state index in [-0.39, 0.29) is 11.5 Å². The van der Waals surface area contributed by atoms with Crippen molar-refractivity contribution in [3.63, 3.8) is 0 Å². The Morgan fingerprint density at radius 1 is 1.16 bits per heavy atom. The van der Waals surface area contributed by atoms with Crippen molar-refractivity contribution in [1.82, 2.24) is 0 Å². The SMILES string of the molecule is COc1cc(F)c([C@H](N)[C@H](O)C(F)(F)F)cc1OC. The van der Waals surface area contributed by atoms with Gasteiger partial charge in [0.15, 0.2) is 17.6 Å². The van der Waals surface area contributed by atoms with Gasteiger partial charge in [-0.2, -0.15) is 13.2 Å². The fourth-order valence-corrected chi connectivity index (χ4v) is 1.50. The van der Waals surface area contributed by atoms with Crippen LogP contribution in [0.4, 0.5) is 17.6 Å². The summed E-state index contributed by atoms with van der Waals surface area (Å²) >= 11 is 0. The molecule has 1 aromatic rings. The molecule has 0 aliphatic carbocycles. The van der Waals surface area contributed by atoms with Gasteiger partial charge in [-0.25, -0.2) is 4.39 Å². The van der Waals surface area contributed by atoms with Crippen LogP contribution in [-0.4, -0.2) is 31.6 Å². The Morgan fingerprint density at radius 3 is 2.05 bits per heavy atom. The first-order valence-electron chi connectivity index (χ1n) is 5.14. The first-order valence-corrected chi connectivity index (χ1v) is 5.14. The highest BCUT2D eigenvalue weighted by molar-refractivity contribution is 5.45. The largest absolute Gasteiger partial charge is 0.493 e. The van der Waals surface area contributed by atoms with Crippen LogP contribution in [-0.2, 0) is 0 Å². The van der Waals surface area contributed by atoms with E-state index in [1.807, 2.05) is 0 Å². The minimum Gasteiger partial charge on any atom is -0.493 e. The van der Waals surface area contributed by atoms with Crippen LogP contribution in [0.1, 0.15) is 11.6 Å². The van der Waals surface area contributed by atoms with Gasteiger partial charge >= 0.3 is 6.18 Å². The van der Waals surface area contributed by atoms with Gasteiger partial charge in [-0.1, -0.05) is 0 Å². The number of hydrogen-bond acceptors (Lipinski definition) is 4. The maximum Gasteiger partial charge on any atom is 0.416 e. The summed E-state index contributed by atoms with van der Waals surface area (Å²) < 4.78 is 60.3.